The largest absolute Gasteiger partial charge is 0.294 e. The Morgan fingerprint density at radius 3 is 2.82 bits per heavy atom. The lowest BCUT2D eigenvalue weighted by Crippen LogP contribution is -2.02. The van der Waals surface area contributed by atoms with E-state index in [9.17, 15) is 9.18 Å². The molecule has 0 saturated heterocycles. The number of hydrogen-bond acceptors (Lipinski definition) is 1. The van der Waals surface area contributed by atoms with E-state index in [0.29, 0.717) is 6.42 Å². The molecule has 0 N–H and O–H groups in total. The fraction of sp³-hybridized carbons (Fsp3) is 0.400. The first kappa shape index (κ1) is 13.6. The van der Waals surface area contributed by atoms with E-state index in [0.717, 1.165) is 31.2 Å². The van der Waals surface area contributed by atoms with E-state index >= 15 is 0 Å². The number of hydrogen-bond donors (Lipinski definition) is 0. The molecule has 0 fully saturated rings. The summed E-state index contributed by atoms with van der Waals surface area (Å²) in [6.07, 6.45) is 6.14. The highest BCUT2D eigenvalue weighted by Crippen LogP contribution is 2.14. The van der Waals surface area contributed by atoms with Crippen LogP contribution in [0, 0.1) is 12.7 Å². The van der Waals surface area contributed by atoms with Gasteiger partial charge in [0.15, 0.2) is 5.78 Å². The van der Waals surface area contributed by atoms with Crippen LogP contribution in [-0.4, -0.2) is 5.78 Å². The minimum atomic E-state index is -0.410. The van der Waals surface area contributed by atoms with Crippen LogP contribution in [-0.2, 0) is 0 Å². The normalized spacial score (nSPS) is 10.2. The Labute approximate surface area is 102 Å². The van der Waals surface area contributed by atoms with Gasteiger partial charge < -0.3 is 0 Å². The Hall–Kier alpha value is -1.44. The van der Waals surface area contributed by atoms with Crippen molar-refractivity contribution in [3.63, 3.8) is 0 Å². The van der Waals surface area contributed by atoms with Crippen molar-refractivity contribution in [2.24, 2.45) is 0 Å². The molecule has 0 unspecified atom stereocenters. The van der Waals surface area contributed by atoms with Crippen molar-refractivity contribution in [1.82, 2.24) is 0 Å². The maximum atomic E-state index is 13.4. The second kappa shape index (κ2) is 7.00. The fourth-order valence-electron chi connectivity index (χ4n) is 1.74. The summed E-state index contributed by atoms with van der Waals surface area (Å²) in [5.74, 6) is -0.503. The average Bonchev–Trinajstić information content (AvgIpc) is 2.32. The van der Waals surface area contributed by atoms with Crippen LogP contribution in [0.25, 0.3) is 0 Å². The lowest BCUT2D eigenvalue weighted by molar-refractivity contribution is 0.0975. The van der Waals surface area contributed by atoms with Gasteiger partial charge in [-0.1, -0.05) is 24.1 Å². The SMILES string of the molecule is C=CCCCCCC(=O)c1cc(C)ccc1F. The molecular formula is C15H19FO. The summed E-state index contributed by atoms with van der Waals surface area (Å²) >= 11 is 0. The molecule has 1 aromatic carbocycles. The van der Waals surface area contributed by atoms with Crippen LogP contribution in [0.2, 0.25) is 0 Å². The number of unbranched alkanes of at least 4 members (excludes halogenated alkanes) is 3. The molecule has 0 atom stereocenters. The van der Waals surface area contributed by atoms with Crippen molar-refractivity contribution in [3.8, 4) is 0 Å². The van der Waals surface area contributed by atoms with E-state index in [1.807, 2.05) is 13.0 Å². The molecule has 17 heavy (non-hydrogen) atoms. The molecule has 0 bridgehead atoms. The number of ketones is 1. The Morgan fingerprint density at radius 2 is 2.12 bits per heavy atom. The molecule has 0 spiro atoms. The topological polar surface area (TPSA) is 17.1 Å². The standard InChI is InChI=1S/C15H19FO/c1-3-4-5-6-7-8-15(17)13-11-12(2)9-10-14(13)16/h3,9-11H,1,4-8H2,2H3. The van der Waals surface area contributed by atoms with Gasteiger partial charge in [0.05, 0.1) is 5.56 Å². The number of Topliss-reactive ketones (excluding diaryl/α,β-unsaturated/α-hetero) is 1. The van der Waals surface area contributed by atoms with Gasteiger partial charge in [-0.2, -0.15) is 0 Å². The minimum absolute atomic E-state index is 0.0928. The maximum Gasteiger partial charge on any atom is 0.165 e. The van der Waals surface area contributed by atoms with Gasteiger partial charge in [-0.3, -0.25) is 4.79 Å². The van der Waals surface area contributed by atoms with Crippen LogP contribution in [0.5, 0.6) is 0 Å². The number of carbonyl (C=O) groups is 1. The molecule has 1 rings (SSSR count). The van der Waals surface area contributed by atoms with Crippen molar-refractivity contribution in [2.45, 2.75) is 39.0 Å². The molecule has 2 heteroatoms. The summed E-state index contributed by atoms with van der Waals surface area (Å²) in [7, 11) is 0. The third-order valence-electron chi connectivity index (χ3n) is 2.73. The van der Waals surface area contributed by atoms with Crippen molar-refractivity contribution in [3.05, 3.63) is 47.8 Å². The second-order valence-corrected chi connectivity index (χ2v) is 4.29. The van der Waals surface area contributed by atoms with Crippen LogP contribution < -0.4 is 0 Å². The Kier molecular flexibility index (Phi) is 5.61. The molecular weight excluding hydrogens is 215 g/mol. The minimum Gasteiger partial charge on any atom is -0.294 e. The van der Waals surface area contributed by atoms with Crippen LogP contribution in [0.1, 0.15) is 48.0 Å². The number of benzene rings is 1. The van der Waals surface area contributed by atoms with E-state index in [2.05, 4.69) is 6.58 Å². The predicted molar refractivity (Wildman–Crippen MR) is 68.7 cm³/mol. The molecule has 92 valence electrons. The maximum absolute atomic E-state index is 13.4. The van der Waals surface area contributed by atoms with Crippen LogP contribution in [0.4, 0.5) is 4.39 Å². The molecule has 0 amide bonds. The third kappa shape index (κ3) is 4.51. The van der Waals surface area contributed by atoms with Gasteiger partial charge in [0.1, 0.15) is 5.82 Å². The summed E-state index contributed by atoms with van der Waals surface area (Å²) in [5.41, 5.74) is 1.15. The van der Waals surface area contributed by atoms with Gasteiger partial charge in [0.25, 0.3) is 0 Å². The molecule has 0 saturated carbocycles. The quantitative estimate of drug-likeness (QED) is 0.387. The predicted octanol–water partition coefficient (Wildman–Crippen LogP) is 4.45. The van der Waals surface area contributed by atoms with Crippen molar-refractivity contribution in [2.75, 3.05) is 0 Å². The number of halogens is 1. The van der Waals surface area contributed by atoms with Crippen LogP contribution in [0.3, 0.4) is 0 Å². The van der Waals surface area contributed by atoms with Gasteiger partial charge in [-0.15, -0.1) is 6.58 Å². The lowest BCUT2D eigenvalue weighted by Gasteiger charge is -2.03. The Balaban J connectivity index is 2.46. The second-order valence-electron chi connectivity index (χ2n) is 4.29. The lowest BCUT2D eigenvalue weighted by atomic mass is 10.0. The summed E-state index contributed by atoms with van der Waals surface area (Å²) < 4.78 is 13.4. The number of allylic oxidation sites excluding steroid dienone is 1. The van der Waals surface area contributed by atoms with Gasteiger partial charge in [-0.25, -0.2) is 4.39 Å². The Bertz CT molecular complexity index is 396. The first-order valence-corrected chi connectivity index (χ1v) is 6.05. The van der Waals surface area contributed by atoms with E-state index in [-0.39, 0.29) is 11.3 Å². The van der Waals surface area contributed by atoms with Gasteiger partial charge in [-0.05, 0) is 38.3 Å². The third-order valence-corrected chi connectivity index (χ3v) is 2.73. The highest BCUT2D eigenvalue weighted by atomic mass is 19.1. The Morgan fingerprint density at radius 1 is 1.35 bits per heavy atom. The van der Waals surface area contributed by atoms with Gasteiger partial charge in [0, 0.05) is 6.42 Å². The van der Waals surface area contributed by atoms with E-state index in [1.54, 1.807) is 12.1 Å². The zero-order chi connectivity index (χ0) is 12.7. The van der Waals surface area contributed by atoms with Gasteiger partial charge >= 0.3 is 0 Å². The zero-order valence-corrected chi connectivity index (χ0v) is 10.3. The first-order valence-electron chi connectivity index (χ1n) is 6.05. The smallest absolute Gasteiger partial charge is 0.165 e. The van der Waals surface area contributed by atoms with E-state index in [4.69, 9.17) is 0 Å². The molecule has 0 aliphatic rings. The average molecular weight is 234 g/mol. The molecule has 1 aromatic rings. The fourth-order valence-corrected chi connectivity index (χ4v) is 1.74. The zero-order valence-electron chi connectivity index (χ0n) is 10.3. The molecule has 0 aliphatic carbocycles. The number of carbonyl (C=O) groups excluding carboxylic acids is 1. The van der Waals surface area contributed by atoms with Crippen molar-refractivity contribution in [1.29, 1.82) is 0 Å². The summed E-state index contributed by atoms with van der Waals surface area (Å²) in [4.78, 5) is 11.8. The van der Waals surface area contributed by atoms with E-state index < -0.39 is 5.82 Å². The summed E-state index contributed by atoms with van der Waals surface area (Å²) in [6, 6.07) is 4.66. The highest BCUT2D eigenvalue weighted by Gasteiger charge is 2.11. The molecule has 0 heterocycles. The van der Waals surface area contributed by atoms with Crippen molar-refractivity contribution >= 4 is 5.78 Å². The number of aryl methyl sites for hydroxylation is 1. The number of rotatable bonds is 7. The van der Waals surface area contributed by atoms with Crippen LogP contribution >= 0.6 is 0 Å². The van der Waals surface area contributed by atoms with E-state index in [1.165, 1.54) is 6.07 Å². The van der Waals surface area contributed by atoms with Gasteiger partial charge in [0.2, 0.25) is 0 Å². The first-order chi connectivity index (χ1) is 8.15. The molecule has 0 aliphatic heterocycles. The molecule has 1 nitrogen and oxygen atoms in total. The highest BCUT2D eigenvalue weighted by molar-refractivity contribution is 5.96. The molecule has 0 aromatic heterocycles. The van der Waals surface area contributed by atoms with Crippen LogP contribution in [0.15, 0.2) is 30.9 Å². The monoisotopic (exact) mass is 234 g/mol. The summed E-state index contributed by atoms with van der Waals surface area (Å²) in [5, 5.41) is 0. The summed E-state index contributed by atoms with van der Waals surface area (Å²) in [6.45, 7) is 5.51. The van der Waals surface area contributed by atoms with Crippen molar-refractivity contribution < 1.29 is 9.18 Å². The molecule has 0 radical (unpaired) electrons.